The van der Waals surface area contributed by atoms with E-state index in [1.54, 1.807) is 7.11 Å². The van der Waals surface area contributed by atoms with Crippen LogP contribution < -0.4 is 5.32 Å². The third-order valence-corrected chi connectivity index (χ3v) is 4.02. The predicted molar refractivity (Wildman–Crippen MR) is 92.9 cm³/mol. The molecule has 0 saturated carbocycles. The summed E-state index contributed by atoms with van der Waals surface area (Å²) in [5, 5.41) is 3.50. The number of nitrogens with one attached hydrogen (secondary N) is 1. The summed E-state index contributed by atoms with van der Waals surface area (Å²) < 4.78 is 7.43. The Morgan fingerprint density at radius 1 is 1.00 bits per heavy atom. The molecule has 0 radical (unpaired) electrons. The largest absolute Gasteiger partial charge is 0.385 e. The van der Waals surface area contributed by atoms with Crippen LogP contribution in [0.25, 0.3) is 5.69 Å². The molecule has 0 atom stereocenters. The fourth-order valence-corrected chi connectivity index (χ4v) is 3.05. The Labute approximate surface area is 134 Å². The number of ether oxygens (including phenoxy) is 1. The molecule has 0 fully saturated rings. The number of hydrogen-bond donors (Lipinski definition) is 1. The molecular formula is C19H28N2O. The van der Waals surface area contributed by atoms with Crippen molar-refractivity contribution in [1.29, 1.82) is 0 Å². The van der Waals surface area contributed by atoms with Crippen LogP contribution in [0.5, 0.6) is 0 Å². The topological polar surface area (TPSA) is 26.2 Å². The lowest BCUT2D eigenvalue weighted by molar-refractivity contribution is 0.194. The van der Waals surface area contributed by atoms with Crippen molar-refractivity contribution in [2.24, 2.45) is 0 Å². The van der Waals surface area contributed by atoms with Gasteiger partial charge >= 0.3 is 0 Å². The fraction of sp³-hybridized carbons (Fsp3) is 0.474. The van der Waals surface area contributed by atoms with Crippen LogP contribution in [0.15, 0.2) is 24.3 Å². The number of aromatic nitrogens is 1. The molecule has 0 amide bonds. The molecule has 1 aromatic carbocycles. The minimum absolute atomic E-state index is 0.814. The Bertz CT molecular complexity index is 608. The summed E-state index contributed by atoms with van der Waals surface area (Å²) in [7, 11) is 1.75. The summed E-state index contributed by atoms with van der Waals surface area (Å²) in [6, 6.07) is 9.01. The van der Waals surface area contributed by atoms with Gasteiger partial charge in [-0.3, -0.25) is 0 Å². The van der Waals surface area contributed by atoms with Crippen molar-refractivity contribution < 1.29 is 4.74 Å². The van der Waals surface area contributed by atoms with Crippen molar-refractivity contribution in [2.45, 2.75) is 40.7 Å². The quantitative estimate of drug-likeness (QED) is 0.786. The normalized spacial score (nSPS) is 11.1. The minimum atomic E-state index is 0.814. The average molecular weight is 300 g/mol. The molecule has 1 N–H and O–H groups in total. The van der Waals surface area contributed by atoms with Crippen molar-refractivity contribution in [3.8, 4) is 5.69 Å². The van der Waals surface area contributed by atoms with Crippen molar-refractivity contribution in [1.82, 2.24) is 9.88 Å². The molecule has 1 aromatic heterocycles. The molecule has 0 aliphatic rings. The van der Waals surface area contributed by atoms with Crippen molar-refractivity contribution in [3.05, 3.63) is 52.3 Å². The van der Waals surface area contributed by atoms with Crippen LogP contribution in [0.2, 0.25) is 0 Å². The van der Waals surface area contributed by atoms with Crippen molar-refractivity contribution in [3.63, 3.8) is 0 Å². The summed E-state index contributed by atoms with van der Waals surface area (Å²) in [6.07, 6.45) is 1.05. The van der Waals surface area contributed by atoms with E-state index in [0.29, 0.717) is 0 Å². The molecule has 1 heterocycles. The standard InChI is InChI=1S/C19H28N2O/c1-14-9-15(2)11-19(10-14)21-16(3)12-18(17(21)4)13-20-7-6-8-22-5/h9-12,20H,6-8,13H2,1-5H3. The van der Waals surface area contributed by atoms with Gasteiger partial charge in [0.25, 0.3) is 0 Å². The molecule has 0 aliphatic heterocycles. The van der Waals surface area contributed by atoms with Gasteiger partial charge in [0.1, 0.15) is 0 Å². The minimum Gasteiger partial charge on any atom is -0.385 e. The Hall–Kier alpha value is -1.58. The van der Waals surface area contributed by atoms with Gasteiger partial charge in [0.2, 0.25) is 0 Å². The van der Waals surface area contributed by atoms with E-state index in [-0.39, 0.29) is 0 Å². The van der Waals surface area contributed by atoms with Gasteiger partial charge < -0.3 is 14.6 Å². The second-order valence-electron chi connectivity index (χ2n) is 6.10. The van der Waals surface area contributed by atoms with E-state index in [1.165, 1.54) is 33.8 Å². The first kappa shape index (κ1) is 16.8. The molecule has 0 aliphatic carbocycles. The van der Waals surface area contributed by atoms with E-state index in [2.05, 4.69) is 61.8 Å². The highest BCUT2D eigenvalue weighted by atomic mass is 16.5. The number of rotatable bonds is 7. The Morgan fingerprint density at radius 2 is 1.68 bits per heavy atom. The summed E-state index contributed by atoms with van der Waals surface area (Å²) in [4.78, 5) is 0. The monoisotopic (exact) mass is 300 g/mol. The van der Waals surface area contributed by atoms with E-state index in [4.69, 9.17) is 4.74 Å². The Kier molecular flexibility index (Phi) is 5.81. The molecule has 3 heteroatoms. The van der Waals surface area contributed by atoms with Crippen LogP contribution in [-0.4, -0.2) is 24.8 Å². The predicted octanol–water partition coefficient (Wildman–Crippen LogP) is 3.84. The summed E-state index contributed by atoms with van der Waals surface area (Å²) >= 11 is 0. The first-order valence-electron chi connectivity index (χ1n) is 7.99. The lowest BCUT2D eigenvalue weighted by atomic mass is 10.1. The van der Waals surface area contributed by atoms with Gasteiger partial charge in [0.15, 0.2) is 0 Å². The lowest BCUT2D eigenvalue weighted by Crippen LogP contribution is -2.16. The molecule has 0 spiro atoms. The molecule has 0 saturated heterocycles. The average Bonchev–Trinajstić information content (AvgIpc) is 2.72. The number of methoxy groups -OCH3 is 1. The lowest BCUT2D eigenvalue weighted by Gasteiger charge is -2.12. The van der Waals surface area contributed by atoms with Crippen LogP contribution in [-0.2, 0) is 11.3 Å². The van der Waals surface area contributed by atoms with E-state index < -0.39 is 0 Å². The zero-order valence-electron chi connectivity index (χ0n) is 14.5. The highest BCUT2D eigenvalue weighted by Gasteiger charge is 2.11. The zero-order valence-corrected chi connectivity index (χ0v) is 14.5. The summed E-state index contributed by atoms with van der Waals surface area (Å²) in [5.74, 6) is 0. The Morgan fingerprint density at radius 3 is 2.32 bits per heavy atom. The van der Waals surface area contributed by atoms with Gasteiger partial charge in [-0.1, -0.05) is 6.07 Å². The van der Waals surface area contributed by atoms with Crippen LogP contribution in [0.4, 0.5) is 0 Å². The summed E-state index contributed by atoms with van der Waals surface area (Å²) in [5.41, 5.74) is 7.86. The number of aryl methyl sites for hydroxylation is 3. The maximum absolute atomic E-state index is 5.08. The van der Waals surface area contributed by atoms with Crippen LogP contribution in [0.1, 0.15) is 34.5 Å². The highest BCUT2D eigenvalue weighted by Crippen LogP contribution is 2.22. The maximum Gasteiger partial charge on any atom is 0.0474 e. The summed E-state index contributed by atoms with van der Waals surface area (Å²) in [6.45, 7) is 11.4. The van der Waals surface area contributed by atoms with E-state index in [1.807, 2.05) is 0 Å². The van der Waals surface area contributed by atoms with Crippen LogP contribution >= 0.6 is 0 Å². The van der Waals surface area contributed by atoms with Gasteiger partial charge in [0.05, 0.1) is 0 Å². The van der Waals surface area contributed by atoms with Gasteiger partial charge in [-0.15, -0.1) is 0 Å². The highest BCUT2D eigenvalue weighted by molar-refractivity contribution is 5.45. The van der Waals surface area contributed by atoms with Crippen LogP contribution in [0, 0.1) is 27.7 Å². The van der Waals surface area contributed by atoms with Gasteiger partial charge in [-0.2, -0.15) is 0 Å². The molecule has 22 heavy (non-hydrogen) atoms. The molecule has 3 nitrogen and oxygen atoms in total. The van der Waals surface area contributed by atoms with Gasteiger partial charge in [-0.25, -0.2) is 0 Å². The smallest absolute Gasteiger partial charge is 0.0474 e. The maximum atomic E-state index is 5.08. The van der Waals surface area contributed by atoms with E-state index in [9.17, 15) is 0 Å². The molecule has 0 bridgehead atoms. The van der Waals surface area contributed by atoms with Gasteiger partial charge in [-0.05, 0) is 75.5 Å². The second kappa shape index (κ2) is 7.61. The molecule has 2 aromatic rings. The van der Waals surface area contributed by atoms with Crippen molar-refractivity contribution in [2.75, 3.05) is 20.3 Å². The first-order chi connectivity index (χ1) is 10.5. The van der Waals surface area contributed by atoms with Crippen LogP contribution in [0.3, 0.4) is 0 Å². The SMILES string of the molecule is COCCCNCc1cc(C)n(-c2cc(C)cc(C)c2)c1C. The van der Waals surface area contributed by atoms with Crippen molar-refractivity contribution >= 4 is 0 Å². The third-order valence-electron chi connectivity index (χ3n) is 4.02. The fourth-order valence-electron chi connectivity index (χ4n) is 3.05. The third kappa shape index (κ3) is 3.99. The number of benzene rings is 1. The van der Waals surface area contributed by atoms with Gasteiger partial charge in [0, 0.05) is 37.3 Å². The Balaban J connectivity index is 2.16. The molecule has 2 rings (SSSR count). The van der Waals surface area contributed by atoms with E-state index in [0.717, 1.165) is 26.1 Å². The molecule has 0 unspecified atom stereocenters. The second-order valence-corrected chi connectivity index (χ2v) is 6.10. The first-order valence-corrected chi connectivity index (χ1v) is 7.99. The molecule has 120 valence electrons. The number of hydrogen-bond acceptors (Lipinski definition) is 2. The number of nitrogens with zero attached hydrogens (tertiary/aromatic N) is 1. The molecular weight excluding hydrogens is 272 g/mol. The zero-order chi connectivity index (χ0) is 16.1. The van der Waals surface area contributed by atoms with E-state index >= 15 is 0 Å².